The lowest BCUT2D eigenvalue weighted by atomic mass is 9.90. The van der Waals surface area contributed by atoms with Gasteiger partial charge in [-0.15, -0.1) is 0 Å². The number of aryl methyl sites for hydroxylation is 2. The summed E-state index contributed by atoms with van der Waals surface area (Å²) in [6, 6.07) is 0. The largest absolute Gasteiger partial charge is 0.354 e. The number of nitrogens with zero attached hydrogens (tertiary/aromatic N) is 3. The monoisotopic (exact) mass is 233 g/mol. The van der Waals surface area contributed by atoms with E-state index in [-0.39, 0.29) is 5.41 Å². The van der Waals surface area contributed by atoms with Crippen molar-refractivity contribution >= 4 is 5.82 Å². The summed E-state index contributed by atoms with van der Waals surface area (Å²) in [7, 11) is 0. The van der Waals surface area contributed by atoms with Gasteiger partial charge in [0.05, 0.1) is 17.1 Å². The first-order chi connectivity index (χ1) is 7.79. The van der Waals surface area contributed by atoms with Gasteiger partial charge in [-0.05, 0) is 19.8 Å². The zero-order valence-electron chi connectivity index (χ0n) is 11.8. The molecule has 0 aromatic carbocycles. The fourth-order valence-corrected chi connectivity index (χ4v) is 2.47. The number of aromatic nitrogens is 2. The predicted molar refractivity (Wildman–Crippen MR) is 71.6 cm³/mol. The molecule has 3 nitrogen and oxygen atoms in total. The SMILES string of the molecule is Cc1nc(C(C)(C)C)c(C)nc1N1CC(C)C1. The van der Waals surface area contributed by atoms with Crippen molar-refractivity contribution in [2.24, 2.45) is 5.92 Å². The molecule has 17 heavy (non-hydrogen) atoms. The zero-order chi connectivity index (χ0) is 12.8. The lowest BCUT2D eigenvalue weighted by Gasteiger charge is -2.39. The van der Waals surface area contributed by atoms with Crippen molar-refractivity contribution in [3.8, 4) is 0 Å². The van der Waals surface area contributed by atoms with Crippen molar-refractivity contribution in [1.82, 2.24) is 9.97 Å². The molecule has 1 fully saturated rings. The molecule has 1 aliphatic heterocycles. The van der Waals surface area contributed by atoms with Gasteiger partial charge in [0.1, 0.15) is 5.82 Å². The molecular weight excluding hydrogens is 210 g/mol. The Hall–Kier alpha value is -1.12. The fourth-order valence-electron chi connectivity index (χ4n) is 2.47. The molecule has 1 aromatic heterocycles. The quantitative estimate of drug-likeness (QED) is 0.747. The maximum absolute atomic E-state index is 4.77. The number of hydrogen-bond acceptors (Lipinski definition) is 3. The van der Waals surface area contributed by atoms with Gasteiger partial charge in [-0.25, -0.2) is 4.98 Å². The van der Waals surface area contributed by atoms with Gasteiger partial charge < -0.3 is 4.90 Å². The van der Waals surface area contributed by atoms with Crippen LogP contribution in [-0.4, -0.2) is 23.1 Å². The maximum atomic E-state index is 4.77. The van der Waals surface area contributed by atoms with Gasteiger partial charge in [-0.3, -0.25) is 4.98 Å². The molecule has 0 radical (unpaired) electrons. The van der Waals surface area contributed by atoms with Crippen LogP contribution in [0.4, 0.5) is 5.82 Å². The van der Waals surface area contributed by atoms with Gasteiger partial charge >= 0.3 is 0 Å². The average Bonchev–Trinajstić information content (AvgIpc) is 2.15. The third kappa shape index (κ3) is 2.28. The summed E-state index contributed by atoms with van der Waals surface area (Å²) in [6.07, 6.45) is 0. The van der Waals surface area contributed by atoms with E-state index in [1.165, 1.54) is 0 Å². The van der Waals surface area contributed by atoms with Crippen molar-refractivity contribution in [2.45, 2.75) is 47.0 Å². The molecule has 0 spiro atoms. The van der Waals surface area contributed by atoms with Gasteiger partial charge in [0.2, 0.25) is 0 Å². The summed E-state index contributed by atoms with van der Waals surface area (Å²) in [4.78, 5) is 11.9. The molecule has 0 aliphatic carbocycles. The topological polar surface area (TPSA) is 29.0 Å². The summed E-state index contributed by atoms with van der Waals surface area (Å²) < 4.78 is 0. The zero-order valence-corrected chi connectivity index (χ0v) is 11.8. The Kier molecular flexibility index (Phi) is 2.88. The van der Waals surface area contributed by atoms with Crippen LogP contribution in [0, 0.1) is 19.8 Å². The first-order valence-corrected chi connectivity index (χ1v) is 6.39. The standard InChI is InChI=1S/C14H23N3/c1-9-7-17(8-9)13-11(3)15-12(10(2)16-13)14(4,5)6/h9H,7-8H2,1-6H3. The van der Waals surface area contributed by atoms with Gasteiger partial charge in [-0.2, -0.15) is 0 Å². The van der Waals surface area contributed by atoms with Crippen LogP contribution < -0.4 is 4.90 Å². The van der Waals surface area contributed by atoms with Gasteiger partial charge in [-0.1, -0.05) is 27.7 Å². The second kappa shape index (κ2) is 3.97. The highest BCUT2D eigenvalue weighted by molar-refractivity contribution is 5.47. The number of anilines is 1. The van der Waals surface area contributed by atoms with Crippen LogP contribution in [0.15, 0.2) is 0 Å². The van der Waals surface area contributed by atoms with Crippen LogP contribution in [-0.2, 0) is 5.41 Å². The predicted octanol–water partition coefficient (Wildman–Crippen LogP) is 2.85. The van der Waals surface area contributed by atoms with E-state index < -0.39 is 0 Å². The van der Waals surface area contributed by atoms with Crippen LogP contribution >= 0.6 is 0 Å². The molecule has 1 saturated heterocycles. The highest BCUT2D eigenvalue weighted by Gasteiger charge is 2.27. The Morgan fingerprint density at radius 2 is 1.65 bits per heavy atom. The molecule has 3 heteroatoms. The molecule has 0 atom stereocenters. The number of hydrogen-bond donors (Lipinski definition) is 0. The average molecular weight is 233 g/mol. The van der Waals surface area contributed by atoms with Crippen molar-refractivity contribution < 1.29 is 0 Å². The highest BCUT2D eigenvalue weighted by Crippen LogP contribution is 2.29. The van der Waals surface area contributed by atoms with E-state index in [9.17, 15) is 0 Å². The van der Waals surface area contributed by atoms with Gasteiger partial charge in [0, 0.05) is 18.5 Å². The molecular formula is C14H23N3. The van der Waals surface area contributed by atoms with Crippen LogP contribution in [0.25, 0.3) is 0 Å². The molecule has 0 bridgehead atoms. The van der Waals surface area contributed by atoms with Crippen LogP contribution in [0.1, 0.15) is 44.8 Å². The lowest BCUT2D eigenvalue weighted by molar-refractivity contribution is 0.440. The van der Waals surface area contributed by atoms with Crippen LogP contribution in [0.2, 0.25) is 0 Å². The molecule has 1 aliphatic rings. The Bertz CT molecular complexity index is 426. The number of rotatable bonds is 1. The van der Waals surface area contributed by atoms with E-state index in [0.29, 0.717) is 0 Å². The van der Waals surface area contributed by atoms with Crippen LogP contribution in [0.5, 0.6) is 0 Å². The summed E-state index contributed by atoms with van der Waals surface area (Å²) >= 11 is 0. The van der Waals surface area contributed by atoms with Gasteiger partial charge in [0.15, 0.2) is 0 Å². The second-order valence-electron chi connectivity index (χ2n) is 6.33. The first-order valence-electron chi connectivity index (χ1n) is 6.39. The Morgan fingerprint density at radius 3 is 2.12 bits per heavy atom. The molecule has 1 aromatic rings. The van der Waals surface area contributed by atoms with Crippen molar-refractivity contribution in [3.05, 3.63) is 17.1 Å². The minimum absolute atomic E-state index is 0.0720. The molecule has 0 unspecified atom stereocenters. The normalized spacial score (nSPS) is 17.2. The van der Waals surface area contributed by atoms with E-state index >= 15 is 0 Å². The summed E-state index contributed by atoms with van der Waals surface area (Å²) in [5, 5.41) is 0. The summed E-state index contributed by atoms with van der Waals surface area (Å²) in [6.45, 7) is 15.2. The molecule has 0 N–H and O–H groups in total. The van der Waals surface area contributed by atoms with Crippen molar-refractivity contribution in [3.63, 3.8) is 0 Å². The molecule has 2 rings (SSSR count). The van der Waals surface area contributed by atoms with Crippen molar-refractivity contribution in [1.29, 1.82) is 0 Å². The van der Waals surface area contributed by atoms with E-state index in [1.807, 2.05) is 0 Å². The molecule has 0 saturated carbocycles. The minimum atomic E-state index is 0.0720. The molecule has 0 amide bonds. The van der Waals surface area contributed by atoms with E-state index in [1.54, 1.807) is 0 Å². The van der Waals surface area contributed by atoms with E-state index in [2.05, 4.69) is 46.4 Å². The third-order valence-electron chi connectivity index (χ3n) is 3.29. The Balaban J connectivity index is 2.35. The van der Waals surface area contributed by atoms with Crippen molar-refractivity contribution in [2.75, 3.05) is 18.0 Å². The Labute approximate surface area is 104 Å². The smallest absolute Gasteiger partial charge is 0.150 e. The van der Waals surface area contributed by atoms with Gasteiger partial charge in [0.25, 0.3) is 0 Å². The minimum Gasteiger partial charge on any atom is -0.354 e. The lowest BCUT2D eigenvalue weighted by Crippen LogP contribution is -2.46. The first kappa shape index (κ1) is 12.3. The summed E-state index contributed by atoms with van der Waals surface area (Å²) in [5.74, 6) is 1.87. The highest BCUT2D eigenvalue weighted by atomic mass is 15.2. The molecule has 94 valence electrons. The van der Waals surface area contributed by atoms with Crippen LogP contribution in [0.3, 0.4) is 0 Å². The third-order valence-corrected chi connectivity index (χ3v) is 3.29. The maximum Gasteiger partial charge on any atom is 0.150 e. The fraction of sp³-hybridized carbons (Fsp3) is 0.714. The van der Waals surface area contributed by atoms with E-state index in [4.69, 9.17) is 9.97 Å². The Morgan fingerprint density at radius 1 is 1.06 bits per heavy atom. The summed E-state index contributed by atoms with van der Waals surface area (Å²) in [5.41, 5.74) is 3.32. The molecule has 2 heterocycles. The second-order valence-corrected chi connectivity index (χ2v) is 6.33. The van der Waals surface area contributed by atoms with E-state index in [0.717, 1.165) is 41.9 Å².